The van der Waals surface area contributed by atoms with Crippen LogP contribution in [0.25, 0.3) is 0 Å². The van der Waals surface area contributed by atoms with Crippen LogP contribution in [0.5, 0.6) is 11.5 Å². The van der Waals surface area contributed by atoms with Gasteiger partial charge in [-0.1, -0.05) is 24.3 Å². The van der Waals surface area contributed by atoms with Crippen molar-refractivity contribution >= 4 is 5.78 Å². The van der Waals surface area contributed by atoms with E-state index >= 15 is 0 Å². The predicted octanol–water partition coefficient (Wildman–Crippen LogP) is 3.42. The highest BCUT2D eigenvalue weighted by molar-refractivity contribution is 6.09. The second-order valence-corrected chi connectivity index (χ2v) is 6.85. The Morgan fingerprint density at radius 2 is 1.27 bits per heavy atom. The molecule has 0 aliphatic rings. The van der Waals surface area contributed by atoms with Gasteiger partial charge in [0, 0.05) is 47.0 Å². The van der Waals surface area contributed by atoms with E-state index < -0.39 is 0 Å². The molecule has 0 fully saturated rings. The van der Waals surface area contributed by atoms with Crippen LogP contribution in [-0.2, 0) is 13.1 Å². The highest BCUT2D eigenvalue weighted by Crippen LogP contribution is 2.26. The first kappa shape index (κ1) is 19.4. The van der Waals surface area contributed by atoms with Crippen molar-refractivity contribution in [3.8, 4) is 11.5 Å². The summed E-state index contributed by atoms with van der Waals surface area (Å²) < 4.78 is 14.9. The van der Waals surface area contributed by atoms with Crippen LogP contribution in [0.2, 0.25) is 0 Å². The molecule has 152 valence electrons. The standard InChI is InChI=1S/C23H22N4O3/c1-29-21-11-17(3-5-19(21)13-26-9-7-24-15-26)23(28)18-4-6-20(22(12-18)30-2)14-27-10-8-25-16-27/h3-12,15-16H,13-14H2,1-2H3. The van der Waals surface area contributed by atoms with Crippen molar-refractivity contribution in [2.75, 3.05) is 14.2 Å². The highest BCUT2D eigenvalue weighted by Gasteiger charge is 2.15. The van der Waals surface area contributed by atoms with Crippen molar-refractivity contribution in [1.29, 1.82) is 0 Å². The van der Waals surface area contributed by atoms with E-state index in [1.54, 1.807) is 51.4 Å². The molecule has 4 aromatic rings. The average Bonchev–Trinajstić information content (AvgIpc) is 3.48. The fourth-order valence-corrected chi connectivity index (χ4v) is 3.35. The maximum Gasteiger partial charge on any atom is 0.193 e. The first-order chi connectivity index (χ1) is 14.7. The molecule has 0 aliphatic heterocycles. The lowest BCUT2D eigenvalue weighted by atomic mass is 9.99. The highest BCUT2D eigenvalue weighted by atomic mass is 16.5. The van der Waals surface area contributed by atoms with Crippen LogP contribution in [-0.4, -0.2) is 39.1 Å². The minimum Gasteiger partial charge on any atom is -0.496 e. The van der Waals surface area contributed by atoms with Crippen molar-refractivity contribution in [3.63, 3.8) is 0 Å². The Hall–Kier alpha value is -3.87. The summed E-state index contributed by atoms with van der Waals surface area (Å²) in [4.78, 5) is 21.2. The second-order valence-electron chi connectivity index (χ2n) is 6.85. The van der Waals surface area contributed by atoms with Gasteiger partial charge in [0.2, 0.25) is 0 Å². The lowest BCUT2D eigenvalue weighted by Crippen LogP contribution is -2.06. The Labute approximate surface area is 174 Å². The maximum atomic E-state index is 13.1. The number of benzene rings is 2. The second kappa shape index (κ2) is 8.65. The fraction of sp³-hybridized carbons (Fsp3) is 0.174. The number of imidazole rings is 2. The van der Waals surface area contributed by atoms with Gasteiger partial charge in [-0.3, -0.25) is 4.79 Å². The zero-order valence-corrected chi connectivity index (χ0v) is 16.9. The molecule has 0 unspecified atom stereocenters. The van der Waals surface area contributed by atoms with Crippen LogP contribution in [0.3, 0.4) is 0 Å². The van der Waals surface area contributed by atoms with Crippen molar-refractivity contribution < 1.29 is 14.3 Å². The molecule has 0 radical (unpaired) electrons. The number of hydrogen-bond acceptors (Lipinski definition) is 5. The van der Waals surface area contributed by atoms with Gasteiger partial charge in [0.05, 0.1) is 40.0 Å². The van der Waals surface area contributed by atoms with E-state index in [4.69, 9.17) is 9.47 Å². The summed E-state index contributed by atoms with van der Waals surface area (Å²) in [5, 5.41) is 0. The summed E-state index contributed by atoms with van der Waals surface area (Å²) in [6.45, 7) is 1.24. The normalized spacial score (nSPS) is 10.7. The van der Waals surface area contributed by atoms with Gasteiger partial charge in [-0.05, 0) is 12.1 Å². The topological polar surface area (TPSA) is 71.2 Å². The number of ether oxygens (including phenoxy) is 2. The molecule has 0 saturated carbocycles. The zero-order chi connectivity index (χ0) is 20.9. The van der Waals surface area contributed by atoms with E-state index in [2.05, 4.69) is 9.97 Å². The summed E-state index contributed by atoms with van der Waals surface area (Å²) in [6, 6.07) is 11.0. The molecule has 0 N–H and O–H groups in total. The van der Waals surface area contributed by atoms with Gasteiger partial charge in [0.25, 0.3) is 0 Å². The Morgan fingerprint density at radius 3 is 1.63 bits per heavy atom. The summed E-state index contributed by atoms with van der Waals surface area (Å²) in [6.07, 6.45) is 10.7. The summed E-state index contributed by atoms with van der Waals surface area (Å²) >= 11 is 0. The molecule has 7 nitrogen and oxygen atoms in total. The monoisotopic (exact) mass is 402 g/mol. The van der Waals surface area contributed by atoms with Crippen molar-refractivity contribution in [2.45, 2.75) is 13.1 Å². The Balaban J connectivity index is 1.59. The first-order valence-electron chi connectivity index (χ1n) is 9.48. The molecule has 0 amide bonds. The zero-order valence-electron chi connectivity index (χ0n) is 16.9. The van der Waals surface area contributed by atoms with Gasteiger partial charge >= 0.3 is 0 Å². The molecule has 0 aliphatic carbocycles. The molecule has 0 atom stereocenters. The first-order valence-corrected chi connectivity index (χ1v) is 9.48. The van der Waals surface area contributed by atoms with Gasteiger partial charge in [0.1, 0.15) is 11.5 Å². The van der Waals surface area contributed by atoms with Crippen molar-refractivity contribution in [2.24, 2.45) is 0 Å². The molecule has 4 rings (SSSR count). The number of hydrogen-bond donors (Lipinski definition) is 0. The molecule has 2 heterocycles. The minimum absolute atomic E-state index is 0.0880. The van der Waals surface area contributed by atoms with Crippen molar-refractivity contribution in [3.05, 3.63) is 96.1 Å². The van der Waals surface area contributed by atoms with E-state index in [0.717, 1.165) is 11.1 Å². The largest absolute Gasteiger partial charge is 0.496 e. The van der Waals surface area contributed by atoms with Gasteiger partial charge in [-0.2, -0.15) is 0 Å². The van der Waals surface area contributed by atoms with Crippen LogP contribution in [0.4, 0.5) is 0 Å². The quantitative estimate of drug-likeness (QED) is 0.422. The molecular formula is C23H22N4O3. The van der Waals surface area contributed by atoms with Crippen LogP contribution in [0, 0.1) is 0 Å². The van der Waals surface area contributed by atoms with E-state index in [-0.39, 0.29) is 5.78 Å². The summed E-state index contributed by atoms with van der Waals surface area (Å²) in [7, 11) is 3.21. The van der Waals surface area contributed by atoms with Crippen LogP contribution < -0.4 is 9.47 Å². The lowest BCUT2D eigenvalue weighted by Gasteiger charge is -2.13. The third-order valence-electron chi connectivity index (χ3n) is 4.92. The van der Waals surface area contributed by atoms with Crippen LogP contribution in [0.15, 0.2) is 73.8 Å². The molecule has 2 aromatic heterocycles. The smallest absolute Gasteiger partial charge is 0.193 e. The number of methoxy groups -OCH3 is 2. The Morgan fingerprint density at radius 1 is 0.800 bits per heavy atom. The van der Waals surface area contributed by atoms with E-state index in [9.17, 15) is 4.79 Å². The Kier molecular flexibility index (Phi) is 5.61. The van der Waals surface area contributed by atoms with Gasteiger partial charge in [-0.25, -0.2) is 9.97 Å². The van der Waals surface area contributed by atoms with Gasteiger partial charge in [0.15, 0.2) is 5.78 Å². The number of ketones is 1. The third-order valence-corrected chi connectivity index (χ3v) is 4.92. The number of carbonyl (C=O) groups is 1. The number of nitrogens with zero attached hydrogens (tertiary/aromatic N) is 4. The van der Waals surface area contributed by atoms with Gasteiger partial charge < -0.3 is 18.6 Å². The van der Waals surface area contributed by atoms with E-state index in [1.165, 1.54) is 0 Å². The minimum atomic E-state index is -0.0880. The predicted molar refractivity (Wildman–Crippen MR) is 112 cm³/mol. The third kappa shape index (κ3) is 4.10. The van der Waals surface area contributed by atoms with Crippen molar-refractivity contribution in [1.82, 2.24) is 19.1 Å². The molecule has 0 spiro atoms. The maximum absolute atomic E-state index is 13.1. The summed E-state index contributed by atoms with van der Waals surface area (Å²) in [5.74, 6) is 1.24. The molecule has 2 aromatic carbocycles. The van der Waals surface area contributed by atoms with E-state index in [1.807, 2.05) is 45.8 Å². The fourth-order valence-electron chi connectivity index (χ4n) is 3.35. The average molecular weight is 402 g/mol. The number of aromatic nitrogens is 4. The molecule has 0 saturated heterocycles. The van der Waals surface area contributed by atoms with E-state index in [0.29, 0.717) is 35.7 Å². The van der Waals surface area contributed by atoms with Gasteiger partial charge in [-0.15, -0.1) is 0 Å². The Bertz CT molecular complexity index is 1050. The molecule has 0 bridgehead atoms. The molecule has 7 heteroatoms. The molecule has 30 heavy (non-hydrogen) atoms. The number of carbonyl (C=O) groups excluding carboxylic acids is 1. The summed E-state index contributed by atoms with van der Waals surface area (Å²) in [5.41, 5.74) is 3.07. The van der Waals surface area contributed by atoms with Crippen LogP contribution >= 0.6 is 0 Å². The number of rotatable bonds is 8. The van der Waals surface area contributed by atoms with Crippen LogP contribution in [0.1, 0.15) is 27.0 Å². The molecular weight excluding hydrogens is 380 g/mol. The lowest BCUT2D eigenvalue weighted by molar-refractivity contribution is 0.103. The SMILES string of the molecule is COc1cc(C(=O)c2ccc(Cn3ccnc3)c(OC)c2)ccc1Cn1ccnc1.